The van der Waals surface area contributed by atoms with Crippen LogP contribution in [-0.4, -0.2) is 56.7 Å². The molecule has 1 aromatic carbocycles. The van der Waals surface area contributed by atoms with Gasteiger partial charge in [-0.2, -0.15) is 0 Å². The number of piperidine rings is 1. The molecular weight excluding hydrogens is 250 g/mol. The van der Waals surface area contributed by atoms with Gasteiger partial charge in [-0.15, -0.1) is 0 Å². The zero-order chi connectivity index (χ0) is 14.4. The van der Waals surface area contributed by atoms with Gasteiger partial charge in [-0.1, -0.05) is 0 Å². The van der Waals surface area contributed by atoms with Crippen LogP contribution in [0, 0.1) is 5.92 Å². The van der Waals surface area contributed by atoms with Crippen LogP contribution in [0.4, 0.5) is 5.69 Å². The Kier molecular flexibility index (Phi) is 5.68. The molecule has 1 heterocycles. The molecule has 0 amide bonds. The third-order valence-corrected chi connectivity index (χ3v) is 3.89. The summed E-state index contributed by atoms with van der Waals surface area (Å²) in [6, 6.07) is 7.61. The fraction of sp³-hybridized carbons (Fsp3) is 0.625. The van der Waals surface area contributed by atoms with E-state index < -0.39 is 0 Å². The standard InChI is InChI=1S/C16H27N3O/c1-18(2)13-14-7-9-19(10-8-14)11-12-20-16-5-3-15(17)4-6-16/h3-6,14H,7-13,17H2,1-2H3. The fourth-order valence-electron chi connectivity index (χ4n) is 2.77. The van der Waals surface area contributed by atoms with Gasteiger partial charge in [0.25, 0.3) is 0 Å². The molecule has 2 N–H and O–H groups in total. The van der Waals surface area contributed by atoms with E-state index in [1.165, 1.54) is 32.5 Å². The average molecular weight is 277 g/mol. The maximum atomic E-state index is 5.75. The second kappa shape index (κ2) is 7.50. The van der Waals surface area contributed by atoms with Crippen molar-refractivity contribution in [2.45, 2.75) is 12.8 Å². The maximum absolute atomic E-state index is 5.75. The summed E-state index contributed by atoms with van der Waals surface area (Å²) in [7, 11) is 4.32. The Balaban J connectivity index is 1.62. The Morgan fingerprint density at radius 2 is 1.85 bits per heavy atom. The zero-order valence-corrected chi connectivity index (χ0v) is 12.7. The number of nitrogens with zero attached hydrogens (tertiary/aromatic N) is 2. The molecule has 1 fully saturated rings. The summed E-state index contributed by atoms with van der Waals surface area (Å²) in [5.74, 6) is 1.76. The van der Waals surface area contributed by atoms with E-state index in [4.69, 9.17) is 10.5 Å². The summed E-state index contributed by atoms with van der Waals surface area (Å²) < 4.78 is 5.75. The van der Waals surface area contributed by atoms with Crippen molar-refractivity contribution in [1.29, 1.82) is 0 Å². The fourth-order valence-corrected chi connectivity index (χ4v) is 2.77. The van der Waals surface area contributed by atoms with Gasteiger partial charge < -0.3 is 15.4 Å². The van der Waals surface area contributed by atoms with Crippen molar-refractivity contribution in [1.82, 2.24) is 9.80 Å². The molecule has 1 aliphatic heterocycles. The lowest BCUT2D eigenvalue weighted by molar-refractivity contribution is 0.141. The zero-order valence-electron chi connectivity index (χ0n) is 12.7. The van der Waals surface area contributed by atoms with E-state index in [0.717, 1.165) is 30.5 Å². The van der Waals surface area contributed by atoms with Crippen LogP contribution in [-0.2, 0) is 0 Å². The molecule has 4 heteroatoms. The predicted molar refractivity (Wildman–Crippen MR) is 84.1 cm³/mol. The Morgan fingerprint density at radius 3 is 2.45 bits per heavy atom. The SMILES string of the molecule is CN(C)CC1CCN(CCOc2ccc(N)cc2)CC1. The first kappa shape index (κ1) is 15.1. The molecule has 2 rings (SSSR count). The minimum Gasteiger partial charge on any atom is -0.492 e. The Bertz CT molecular complexity index is 383. The van der Waals surface area contributed by atoms with Crippen molar-refractivity contribution < 1.29 is 4.74 Å². The monoisotopic (exact) mass is 277 g/mol. The third kappa shape index (κ3) is 5.02. The normalized spacial score (nSPS) is 17.6. The van der Waals surface area contributed by atoms with Crippen LogP contribution in [0.25, 0.3) is 0 Å². The molecule has 0 saturated carbocycles. The minimum atomic E-state index is 0.752. The van der Waals surface area contributed by atoms with E-state index >= 15 is 0 Å². The van der Waals surface area contributed by atoms with Gasteiger partial charge in [0.15, 0.2) is 0 Å². The number of likely N-dealkylation sites (tertiary alicyclic amines) is 1. The highest BCUT2D eigenvalue weighted by atomic mass is 16.5. The minimum absolute atomic E-state index is 0.752. The molecule has 0 atom stereocenters. The Hall–Kier alpha value is -1.26. The predicted octanol–water partition coefficient (Wildman–Crippen LogP) is 1.92. The highest BCUT2D eigenvalue weighted by Gasteiger charge is 2.19. The second-order valence-corrected chi connectivity index (χ2v) is 5.96. The first-order valence-corrected chi connectivity index (χ1v) is 7.49. The molecule has 0 unspecified atom stereocenters. The topological polar surface area (TPSA) is 41.7 Å². The molecule has 0 spiro atoms. The maximum Gasteiger partial charge on any atom is 0.119 e. The van der Waals surface area contributed by atoms with E-state index in [0.29, 0.717) is 0 Å². The average Bonchev–Trinajstić information content (AvgIpc) is 2.42. The molecule has 0 bridgehead atoms. The smallest absolute Gasteiger partial charge is 0.119 e. The number of ether oxygens (including phenoxy) is 1. The Morgan fingerprint density at radius 1 is 1.20 bits per heavy atom. The van der Waals surface area contributed by atoms with Crippen molar-refractivity contribution >= 4 is 5.69 Å². The number of rotatable bonds is 6. The van der Waals surface area contributed by atoms with Gasteiger partial charge in [0.2, 0.25) is 0 Å². The summed E-state index contributed by atoms with van der Waals surface area (Å²) in [4.78, 5) is 4.80. The van der Waals surface area contributed by atoms with Gasteiger partial charge in [0, 0.05) is 18.8 Å². The second-order valence-electron chi connectivity index (χ2n) is 5.96. The van der Waals surface area contributed by atoms with Crippen molar-refractivity contribution in [3.63, 3.8) is 0 Å². The largest absolute Gasteiger partial charge is 0.492 e. The van der Waals surface area contributed by atoms with Gasteiger partial charge in [0.05, 0.1) is 0 Å². The molecule has 1 aromatic rings. The van der Waals surface area contributed by atoms with Crippen LogP contribution in [0.15, 0.2) is 24.3 Å². The molecule has 0 aliphatic carbocycles. The summed E-state index contributed by atoms with van der Waals surface area (Å²) >= 11 is 0. The van der Waals surface area contributed by atoms with Gasteiger partial charge in [-0.05, 0) is 70.2 Å². The number of hydrogen-bond acceptors (Lipinski definition) is 4. The van der Waals surface area contributed by atoms with E-state index in [1.807, 2.05) is 24.3 Å². The first-order valence-electron chi connectivity index (χ1n) is 7.49. The van der Waals surface area contributed by atoms with Gasteiger partial charge in [-0.25, -0.2) is 0 Å². The highest BCUT2D eigenvalue weighted by molar-refractivity contribution is 5.41. The summed E-state index contributed by atoms with van der Waals surface area (Å²) in [5, 5.41) is 0. The van der Waals surface area contributed by atoms with Gasteiger partial charge in [-0.3, -0.25) is 4.90 Å². The molecule has 1 aliphatic rings. The molecule has 4 nitrogen and oxygen atoms in total. The van der Waals surface area contributed by atoms with Crippen LogP contribution < -0.4 is 10.5 Å². The molecule has 112 valence electrons. The summed E-state index contributed by atoms with van der Waals surface area (Å²) in [5.41, 5.74) is 6.43. The van der Waals surface area contributed by atoms with Crippen LogP contribution >= 0.6 is 0 Å². The Labute approximate surface area is 122 Å². The number of anilines is 1. The molecule has 20 heavy (non-hydrogen) atoms. The van der Waals surface area contributed by atoms with Crippen LogP contribution in [0.2, 0.25) is 0 Å². The number of hydrogen-bond donors (Lipinski definition) is 1. The lowest BCUT2D eigenvalue weighted by atomic mass is 9.96. The van der Waals surface area contributed by atoms with Crippen LogP contribution in [0.5, 0.6) is 5.75 Å². The van der Waals surface area contributed by atoms with Gasteiger partial charge >= 0.3 is 0 Å². The molecule has 1 saturated heterocycles. The summed E-state index contributed by atoms with van der Waals surface area (Å²) in [6.45, 7) is 5.38. The molecule has 0 radical (unpaired) electrons. The van der Waals surface area contributed by atoms with E-state index in [1.54, 1.807) is 0 Å². The van der Waals surface area contributed by atoms with Crippen LogP contribution in [0.3, 0.4) is 0 Å². The van der Waals surface area contributed by atoms with Crippen molar-refractivity contribution in [3.8, 4) is 5.75 Å². The number of benzene rings is 1. The quantitative estimate of drug-likeness (QED) is 0.807. The first-order chi connectivity index (χ1) is 9.63. The lowest BCUT2D eigenvalue weighted by Crippen LogP contribution is -2.39. The van der Waals surface area contributed by atoms with Crippen molar-refractivity contribution in [3.05, 3.63) is 24.3 Å². The van der Waals surface area contributed by atoms with Gasteiger partial charge in [0.1, 0.15) is 12.4 Å². The van der Waals surface area contributed by atoms with E-state index in [-0.39, 0.29) is 0 Å². The lowest BCUT2D eigenvalue weighted by Gasteiger charge is -2.33. The van der Waals surface area contributed by atoms with E-state index in [2.05, 4.69) is 23.9 Å². The number of nitrogens with two attached hydrogens (primary N) is 1. The third-order valence-electron chi connectivity index (χ3n) is 3.89. The highest BCUT2D eigenvalue weighted by Crippen LogP contribution is 2.18. The molecular formula is C16H27N3O. The molecule has 0 aromatic heterocycles. The van der Waals surface area contributed by atoms with Crippen molar-refractivity contribution in [2.75, 3.05) is 52.6 Å². The van der Waals surface area contributed by atoms with Crippen LogP contribution in [0.1, 0.15) is 12.8 Å². The van der Waals surface area contributed by atoms with E-state index in [9.17, 15) is 0 Å². The number of nitrogen functional groups attached to an aromatic ring is 1. The summed E-state index contributed by atoms with van der Waals surface area (Å²) in [6.07, 6.45) is 2.61. The van der Waals surface area contributed by atoms with Crippen molar-refractivity contribution in [2.24, 2.45) is 5.92 Å².